The molecule has 0 spiro atoms. The van der Waals surface area contributed by atoms with Gasteiger partial charge in [-0.2, -0.15) is 0 Å². The molecule has 5 heteroatoms. The lowest BCUT2D eigenvalue weighted by Gasteiger charge is -2.11. The Morgan fingerprint density at radius 1 is 0.828 bits per heavy atom. The third-order valence-electron chi connectivity index (χ3n) is 4.56. The molecule has 1 aliphatic rings. The molecule has 1 aliphatic heterocycles. The summed E-state index contributed by atoms with van der Waals surface area (Å²) in [6.45, 7) is 0.699. The van der Waals surface area contributed by atoms with Crippen molar-refractivity contribution >= 4 is 18.0 Å². The lowest BCUT2D eigenvalue weighted by atomic mass is 10.1. The number of imide groups is 1. The van der Waals surface area contributed by atoms with Crippen LogP contribution >= 0.6 is 0 Å². The summed E-state index contributed by atoms with van der Waals surface area (Å²) in [6, 6.07) is 26.3. The summed E-state index contributed by atoms with van der Waals surface area (Å²) in [7, 11) is 0. The number of hydrogen-bond donors (Lipinski definition) is 1. The van der Waals surface area contributed by atoms with E-state index in [4.69, 9.17) is 4.74 Å². The summed E-state index contributed by atoms with van der Waals surface area (Å²) in [5.41, 5.74) is 3.01. The average molecular weight is 384 g/mol. The fourth-order valence-electron chi connectivity index (χ4n) is 3.08. The zero-order chi connectivity index (χ0) is 20.1. The summed E-state index contributed by atoms with van der Waals surface area (Å²) in [5, 5.41) is 2.66. The Morgan fingerprint density at radius 3 is 2.24 bits per heavy atom. The summed E-state index contributed by atoms with van der Waals surface area (Å²) in [5.74, 6) is 0.357. The standard InChI is InChI=1S/C24H20N2O3/c27-23-22(25-24(28)26(23)16-18-8-3-1-4-9-18)15-20-12-7-13-21(14-20)29-17-19-10-5-2-6-11-19/h1-15H,16-17H2,(H,25,28)/b22-15+. The van der Waals surface area contributed by atoms with E-state index in [1.807, 2.05) is 84.9 Å². The molecule has 0 aliphatic carbocycles. The predicted molar refractivity (Wildman–Crippen MR) is 111 cm³/mol. The van der Waals surface area contributed by atoms with Gasteiger partial charge < -0.3 is 10.1 Å². The van der Waals surface area contributed by atoms with Crippen LogP contribution in [-0.2, 0) is 17.9 Å². The SMILES string of the molecule is O=C1N/C(=C/c2cccc(OCc3ccccc3)c2)C(=O)N1Cc1ccccc1. The molecular formula is C24H20N2O3. The number of nitrogens with one attached hydrogen (secondary N) is 1. The van der Waals surface area contributed by atoms with Crippen LogP contribution in [0.1, 0.15) is 16.7 Å². The van der Waals surface area contributed by atoms with Crippen LogP contribution in [0.3, 0.4) is 0 Å². The molecule has 3 amide bonds. The van der Waals surface area contributed by atoms with Gasteiger partial charge in [-0.25, -0.2) is 4.79 Å². The van der Waals surface area contributed by atoms with Crippen LogP contribution in [-0.4, -0.2) is 16.8 Å². The van der Waals surface area contributed by atoms with Crippen molar-refractivity contribution in [2.45, 2.75) is 13.2 Å². The number of urea groups is 1. The van der Waals surface area contributed by atoms with Crippen LogP contribution in [0.2, 0.25) is 0 Å². The van der Waals surface area contributed by atoms with Gasteiger partial charge in [0.1, 0.15) is 18.1 Å². The van der Waals surface area contributed by atoms with Gasteiger partial charge in [0.15, 0.2) is 0 Å². The maximum atomic E-state index is 12.7. The molecule has 3 aromatic rings. The van der Waals surface area contributed by atoms with E-state index in [0.717, 1.165) is 16.7 Å². The highest BCUT2D eigenvalue weighted by molar-refractivity contribution is 6.13. The van der Waals surface area contributed by atoms with Crippen LogP contribution in [0.5, 0.6) is 5.75 Å². The van der Waals surface area contributed by atoms with E-state index < -0.39 is 6.03 Å². The maximum Gasteiger partial charge on any atom is 0.329 e. The molecule has 144 valence electrons. The number of carbonyl (C=O) groups is 2. The Balaban J connectivity index is 1.46. The monoisotopic (exact) mass is 384 g/mol. The first kappa shape index (κ1) is 18.5. The zero-order valence-corrected chi connectivity index (χ0v) is 15.7. The Hall–Kier alpha value is -3.86. The molecule has 4 rings (SSSR count). The highest BCUT2D eigenvalue weighted by atomic mass is 16.5. The number of hydrogen-bond acceptors (Lipinski definition) is 3. The molecule has 1 heterocycles. The second-order valence-corrected chi connectivity index (χ2v) is 6.71. The van der Waals surface area contributed by atoms with Crippen molar-refractivity contribution in [3.63, 3.8) is 0 Å². The number of benzene rings is 3. The van der Waals surface area contributed by atoms with Crippen molar-refractivity contribution in [2.75, 3.05) is 0 Å². The van der Waals surface area contributed by atoms with Crippen molar-refractivity contribution in [1.29, 1.82) is 0 Å². The average Bonchev–Trinajstić information content (AvgIpc) is 3.01. The smallest absolute Gasteiger partial charge is 0.329 e. The van der Waals surface area contributed by atoms with Gasteiger partial charge in [-0.1, -0.05) is 72.8 Å². The van der Waals surface area contributed by atoms with Gasteiger partial charge in [-0.3, -0.25) is 9.69 Å². The third-order valence-corrected chi connectivity index (χ3v) is 4.56. The molecule has 29 heavy (non-hydrogen) atoms. The Morgan fingerprint density at radius 2 is 1.52 bits per heavy atom. The van der Waals surface area contributed by atoms with Gasteiger partial charge in [0.2, 0.25) is 0 Å². The molecule has 3 aromatic carbocycles. The van der Waals surface area contributed by atoms with Gasteiger partial charge in [0, 0.05) is 0 Å². The van der Waals surface area contributed by atoms with Crippen LogP contribution in [0.15, 0.2) is 90.6 Å². The minimum atomic E-state index is -0.415. The van der Waals surface area contributed by atoms with E-state index in [-0.39, 0.29) is 18.1 Å². The molecule has 0 radical (unpaired) electrons. The highest BCUT2D eigenvalue weighted by Crippen LogP contribution is 2.20. The van der Waals surface area contributed by atoms with Crippen molar-refractivity contribution in [2.24, 2.45) is 0 Å². The number of carbonyl (C=O) groups excluding carboxylic acids is 2. The normalized spacial score (nSPS) is 14.9. The molecule has 0 unspecified atom stereocenters. The first-order valence-corrected chi connectivity index (χ1v) is 9.34. The van der Waals surface area contributed by atoms with Crippen LogP contribution in [0.25, 0.3) is 6.08 Å². The van der Waals surface area contributed by atoms with E-state index >= 15 is 0 Å². The summed E-state index contributed by atoms with van der Waals surface area (Å²) < 4.78 is 5.83. The molecular weight excluding hydrogens is 364 g/mol. The van der Waals surface area contributed by atoms with Crippen molar-refractivity contribution < 1.29 is 14.3 Å². The van der Waals surface area contributed by atoms with Crippen molar-refractivity contribution in [1.82, 2.24) is 10.2 Å². The molecule has 0 saturated carbocycles. The first-order chi connectivity index (χ1) is 14.2. The van der Waals surface area contributed by atoms with E-state index in [0.29, 0.717) is 12.4 Å². The minimum Gasteiger partial charge on any atom is -0.489 e. The predicted octanol–water partition coefficient (Wildman–Crippen LogP) is 4.36. The lowest BCUT2D eigenvalue weighted by molar-refractivity contribution is -0.123. The zero-order valence-electron chi connectivity index (χ0n) is 15.7. The summed E-state index contributed by atoms with van der Waals surface area (Å²) in [4.78, 5) is 26.1. The van der Waals surface area contributed by atoms with E-state index in [9.17, 15) is 9.59 Å². The van der Waals surface area contributed by atoms with Crippen molar-refractivity contribution in [3.05, 3.63) is 107 Å². The number of rotatable bonds is 6. The first-order valence-electron chi connectivity index (χ1n) is 9.34. The molecule has 0 aromatic heterocycles. The number of nitrogens with zero attached hydrogens (tertiary/aromatic N) is 1. The molecule has 0 atom stereocenters. The molecule has 0 bridgehead atoms. The largest absolute Gasteiger partial charge is 0.489 e. The quantitative estimate of drug-likeness (QED) is 0.507. The molecule has 1 N–H and O–H groups in total. The van der Waals surface area contributed by atoms with Crippen molar-refractivity contribution in [3.8, 4) is 5.75 Å². The minimum absolute atomic E-state index is 0.239. The van der Waals surface area contributed by atoms with Gasteiger partial charge in [0.05, 0.1) is 6.54 Å². The van der Waals surface area contributed by atoms with Gasteiger partial charge in [-0.15, -0.1) is 0 Å². The van der Waals surface area contributed by atoms with Crippen LogP contribution in [0, 0.1) is 0 Å². The topological polar surface area (TPSA) is 58.6 Å². The van der Waals surface area contributed by atoms with E-state index in [1.165, 1.54) is 4.90 Å². The second kappa shape index (κ2) is 8.44. The summed E-state index contributed by atoms with van der Waals surface area (Å²) >= 11 is 0. The van der Waals surface area contributed by atoms with Gasteiger partial charge in [-0.05, 0) is 34.9 Å². The Bertz CT molecular complexity index is 1050. The van der Waals surface area contributed by atoms with Crippen LogP contribution in [0.4, 0.5) is 4.79 Å². The van der Waals surface area contributed by atoms with E-state index in [2.05, 4.69) is 5.32 Å². The molecule has 1 fully saturated rings. The number of amides is 3. The Kier molecular flexibility index (Phi) is 5.38. The summed E-state index contributed by atoms with van der Waals surface area (Å²) in [6.07, 6.45) is 1.67. The fraction of sp³-hybridized carbons (Fsp3) is 0.0833. The molecule has 5 nitrogen and oxygen atoms in total. The van der Waals surface area contributed by atoms with E-state index in [1.54, 1.807) is 6.08 Å². The van der Waals surface area contributed by atoms with Gasteiger partial charge in [0.25, 0.3) is 5.91 Å². The number of ether oxygens (including phenoxy) is 1. The maximum absolute atomic E-state index is 12.7. The van der Waals surface area contributed by atoms with Crippen LogP contribution < -0.4 is 10.1 Å². The lowest BCUT2D eigenvalue weighted by Crippen LogP contribution is -2.30. The highest BCUT2D eigenvalue weighted by Gasteiger charge is 2.33. The Labute approximate surface area is 169 Å². The van der Waals surface area contributed by atoms with Gasteiger partial charge >= 0.3 is 6.03 Å². The fourth-order valence-corrected chi connectivity index (χ4v) is 3.08. The molecule has 1 saturated heterocycles. The second-order valence-electron chi connectivity index (χ2n) is 6.71. The third kappa shape index (κ3) is 4.52.